The lowest BCUT2D eigenvalue weighted by Gasteiger charge is -2.22. The van der Waals surface area contributed by atoms with Gasteiger partial charge in [-0.3, -0.25) is 9.59 Å². The Bertz CT molecular complexity index is 926. The van der Waals surface area contributed by atoms with Crippen molar-refractivity contribution < 1.29 is 33.5 Å². The van der Waals surface area contributed by atoms with E-state index in [1.807, 2.05) is 0 Å². The van der Waals surface area contributed by atoms with Crippen molar-refractivity contribution in [2.45, 2.75) is 19.8 Å². The maximum atomic E-state index is 12.7. The number of rotatable bonds is 7. The summed E-state index contributed by atoms with van der Waals surface area (Å²) in [5, 5.41) is 3.46. The molecule has 29 heavy (non-hydrogen) atoms. The molecule has 9 heteroatoms. The number of Topliss-reactive ketones (excluding diaryl/α,β-unsaturated/α-hetero) is 1. The predicted molar refractivity (Wildman–Crippen MR) is 106 cm³/mol. The summed E-state index contributed by atoms with van der Waals surface area (Å²) in [5.41, 5.74) is 1.11. The molecule has 0 unspecified atom stereocenters. The van der Waals surface area contributed by atoms with E-state index in [0.717, 1.165) is 4.90 Å². The van der Waals surface area contributed by atoms with Crippen LogP contribution in [0.1, 0.15) is 30.3 Å². The summed E-state index contributed by atoms with van der Waals surface area (Å²) in [5.74, 6) is 0.405. The van der Waals surface area contributed by atoms with E-state index >= 15 is 0 Å². The molecule has 9 nitrogen and oxygen atoms in total. The molecule has 0 radical (unpaired) electrons. The lowest BCUT2D eigenvalue weighted by Crippen LogP contribution is -3.14. The number of aromatic amines is 1. The average Bonchev–Trinajstić information content (AvgIpc) is 3.06. The molecular formula is C20H26N3O6+. The molecule has 1 aliphatic rings. The Morgan fingerprint density at radius 3 is 2.41 bits per heavy atom. The van der Waals surface area contributed by atoms with Crippen molar-refractivity contribution in [3.05, 3.63) is 17.8 Å². The number of quaternary nitrogens is 1. The Hall–Kier alpha value is -3.07. The van der Waals surface area contributed by atoms with Crippen molar-refractivity contribution in [2.24, 2.45) is 0 Å². The van der Waals surface area contributed by atoms with E-state index in [1.54, 1.807) is 19.1 Å². The number of likely N-dealkylation sites (tertiary alicyclic amines) is 1. The van der Waals surface area contributed by atoms with E-state index in [4.69, 9.17) is 14.2 Å². The molecule has 156 valence electrons. The number of H-pyrrole nitrogens is 1. The highest BCUT2D eigenvalue weighted by atomic mass is 16.5. The fraction of sp³-hybridized carbons (Fsp3) is 0.450. The van der Waals surface area contributed by atoms with Crippen LogP contribution in [-0.4, -0.2) is 63.1 Å². The number of esters is 1. The smallest absolute Gasteiger partial charge is 0.356 e. The van der Waals surface area contributed by atoms with Crippen LogP contribution in [0, 0.1) is 0 Å². The Labute approximate surface area is 168 Å². The van der Waals surface area contributed by atoms with Crippen LogP contribution in [0.4, 0.5) is 5.69 Å². The second-order valence-corrected chi connectivity index (χ2v) is 6.86. The Morgan fingerprint density at radius 2 is 1.79 bits per heavy atom. The van der Waals surface area contributed by atoms with Gasteiger partial charge in [-0.05, 0) is 13.0 Å². The number of ether oxygens (including phenoxy) is 3. The van der Waals surface area contributed by atoms with Crippen LogP contribution < -0.4 is 19.7 Å². The topological polar surface area (TPSA) is 111 Å². The van der Waals surface area contributed by atoms with Gasteiger partial charge in [0.25, 0.3) is 5.91 Å². The average molecular weight is 404 g/mol. The Morgan fingerprint density at radius 1 is 1.14 bits per heavy atom. The molecule has 1 aliphatic heterocycles. The van der Waals surface area contributed by atoms with E-state index in [1.165, 1.54) is 14.2 Å². The van der Waals surface area contributed by atoms with Gasteiger partial charge in [-0.15, -0.1) is 0 Å². The minimum absolute atomic E-state index is 0.161. The Balaban J connectivity index is 1.92. The van der Waals surface area contributed by atoms with Crippen LogP contribution in [0.5, 0.6) is 11.5 Å². The highest BCUT2D eigenvalue weighted by Gasteiger charge is 2.26. The number of piperidine rings is 1. The molecular weight excluding hydrogens is 378 g/mol. The third-order valence-corrected chi connectivity index (χ3v) is 4.97. The molecule has 0 aliphatic carbocycles. The van der Waals surface area contributed by atoms with Crippen LogP contribution >= 0.6 is 0 Å². The van der Waals surface area contributed by atoms with Crippen LogP contribution in [0.2, 0.25) is 0 Å². The van der Waals surface area contributed by atoms with E-state index in [2.05, 4.69) is 10.3 Å². The van der Waals surface area contributed by atoms with Gasteiger partial charge in [-0.1, -0.05) is 0 Å². The first-order chi connectivity index (χ1) is 14.0. The molecule has 2 heterocycles. The third kappa shape index (κ3) is 4.51. The molecule has 1 aromatic heterocycles. The number of amides is 1. The van der Waals surface area contributed by atoms with Gasteiger partial charge in [0.1, 0.15) is 11.5 Å². The summed E-state index contributed by atoms with van der Waals surface area (Å²) < 4.78 is 15.8. The number of hydrogen-bond donors (Lipinski definition) is 3. The summed E-state index contributed by atoms with van der Waals surface area (Å²) in [7, 11) is 3.04. The molecule has 1 aromatic carbocycles. The van der Waals surface area contributed by atoms with Crippen LogP contribution in [-0.2, 0) is 14.3 Å². The Kier molecular flexibility index (Phi) is 6.38. The number of carbonyl (C=O) groups is 3. The maximum Gasteiger partial charge on any atom is 0.356 e. The van der Waals surface area contributed by atoms with Crippen molar-refractivity contribution >= 4 is 34.3 Å². The number of nitrogens with one attached hydrogen (secondary N) is 3. The minimum atomic E-state index is -0.562. The van der Waals surface area contributed by atoms with Gasteiger partial charge in [-0.2, -0.15) is 0 Å². The molecule has 1 fully saturated rings. The van der Waals surface area contributed by atoms with Gasteiger partial charge in [-0.25, -0.2) is 4.79 Å². The van der Waals surface area contributed by atoms with Gasteiger partial charge in [0.05, 0.1) is 58.0 Å². The monoisotopic (exact) mass is 404 g/mol. The SMILES string of the molecule is CCOC(=O)c1[nH]c2cc(OC)c(OC)cc2c1NC(=O)C[NH+]1CCC(=O)CC1. The van der Waals surface area contributed by atoms with Crippen LogP contribution in [0.25, 0.3) is 10.9 Å². The number of methoxy groups -OCH3 is 2. The zero-order valence-electron chi connectivity index (χ0n) is 16.8. The third-order valence-electron chi connectivity index (χ3n) is 4.97. The van der Waals surface area contributed by atoms with Crippen LogP contribution in [0.3, 0.4) is 0 Å². The van der Waals surface area contributed by atoms with Crippen LogP contribution in [0.15, 0.2) is 12.1 Å². The first-order valence-corrected chi connectivity index (χ1v) is 9.56. The zero-order valence-corrected chi connectivity index (χ0v) is 16.8. The van der Waals surface area contributed by atoms with E-state index in [0.29, 0.717) is 54.0 Å². The maximum absolute atomic E-state index is 12.7. The largest absolute Gasteiger partial charge is 0.493 e. The van der Waals surface area contributed by atoms with Gasteiger partial charge >= 0.3 is 5.97 Å². The number of benzene rings is 1. The zero-order chi connectivity index (χ0) is 21.0. The fourth-order valence-electron chi connectivity index (χ4n) is 3.48. The van der Waals surface area contributed by atoms with Crippen molar-refractivity contribution in [1.82, 2.24) is 4.98 Å². The summed E-state index contributed by atoms with van der Waals surface area (Å²) >= 11 is 0. The summed E-state index contributed by atoms with van der Waals surface area (Å²) in [4.78, 5) is 40.6. The molecule has 0 atom stereocenters. The highest BCUT2D eigenvalue weighted by Crippen LogP contribution is 2.37. The number of carbonyl (C=O) groups excluding carboxylic acids is 3. The quantitative estimate of drug-likeness (QED) is 0.581. The van der Waals surface area contributed by atoms with E-state index in [-0.39, 0.29) is 30.5 Å². The van der Waals surface area contributed by atoms with Crippen molar-refractivity contribution in [3.63, 3.8) is 0 Å². The number of fused-ring (bicyclic) bond motifs is 1. The molecule has 0 bridgehead atoms. The van der Waals surface area contributed by atoms with Gasteiger partial charge in [0.2, 0.25) is 0 Å². The summed E-state index contributed by atoms with van der Waals surface area (Å²) in [6.45, 7) is 3.41. The fourth-order valence-corrected chi connectivity index (χ4v) is 3.48. The van der Waals surface area contributed by atoms with Gasteiger partial charge < -0.3 is 29.4 Å². The standard InChI is InChI=1S/C20H25N3O6/c1-4-29-20(26)19-18(22-17(25)11-23-7-5-12(24)6-8-23)13-9-15(27-2)16(28-3)10-14(13)21-19/h9-10,21H,4-8,11H2,1-3H3,(H,22,25)/p+1. The number of ketones is 1. The number of aromatic nitrogens is 1. The molecule has 2 aromatic rings. The molecule has 1 saturated heterocycles. The van der Waals surface area contributed by atoms with Gasteiger partial charge in [0, 0.05) is 11.5 Å². The summed E-state index contributed by atoms with van der Waals surface area (Å²) in [6, 6.07) is 3.41. The van der Waals surface area contributed by atoms with Crippen molar-refractivity contribution in [2.75, 3.05) is 45.8 Å². The molecule has 0 spiro atoms. The van der Waals surface area contributed by atoms with E-state index in [9.17, 15) is 14.4 Å². The van der Waals surface area contributed by atoms with Crippen molar-refractivity contribution in [3.8, 4) is 11.5 Å². The van der Waals surface area contributed by atoms with Crippen molar-refractivity contribution in [1.29, 1.82) is 0 Å². The molecule has 3 N–H and O–H groups in total. The normalized spacial score (nSPS) is 14.7. The first kappa shape index (κ1) is 20.7. The lowest BCUT2D eigenvalue weighted by atomic mass is 10.1. The second kappa shape index (κ2) is 8.95. The highest BCUT2D eigenvalue weighted by molar-refractivity contribution is 6.11. The lowest BCUT2D eigenvalue weighted by molar-refractivity contribution is -0.893. The first-order valence-electron chi connectivity index (χ1n) is 9.56. The minimum Gasteiger partial charge on any atom is -0.493 e. The van der Waals surface area contributed by atoms with E-state index < -0.39 is 5.97 Å². The summed E-state index contributed by atoms with van der Waals surface area (Å²) in [6.07, 6.45) is 0.974. The van der Waals surface area contributed by atoms with Gasteiger partial charge in [0.15, 0.2) is 18.0 Å². The number of hydrogen-bond acceptors (Lipinski definition) is 6. The molecule has 3 rings (SSSR count). The predicted octanol–water partition coefficient (Wildman–Crippen LogP) is 0.548. The number of anilines is 1. The second-order valence-electron chi connectivity index (χ2n) is 6.86. The molecule has 0 saturated carbocycles. The molecule has 1 amide bonds.